The second kappa shape index (κ2) is 10.8. The molecule has 0 bridgehead atoms. The molecule has 4 rings (SSSR count). The number of nitrogens with zero attached hydrogens (tertiary/aromatic N) is 3. The third-order valence-electron chi connectivity index (χ3n) is 6.47. The smallest absolute Gasteiger partial charge is 0.255 e. The van der Waals surface area contributed by atoms with Crippen LogP contribution in [0.3, 0.4) is 0 Å². The summed E-state index contributed by atoms with van der Waals surface area (Å²) < 4.78 is 5.57. The molecular weight excluding hydrogens is 466 g/mol. The fourth-order valence-corrected chi connectivity index (χ4v) is 4.10. The summed E-state index contributed by atoms with van der Waals surface area (Å²) in [5.74, 6) is 0.407. The Hall–Kier alpha value is -4.17. The van der Waals surface area contributed by atoms with Crippen LogP contribution in [0.5, 0.6) is 5.75 Å². The van der Waals surface area contributed by atoms with Crippen molar-refractivity contribution in [2.24, 2.45) is 0 Å². The van der Waals surface area contributed by atoms with Crippen LogP contribution in [-0.4, -0.2) is 72.4 Å². The molecule has 2 N–H and O–H groups in total. The minimum atomic E-state index is -0.195. The molecule has 0 saturated heterocycles. The maximum absolute atomic E-state index is 13.1. The van der Waals surface area contributed by atoms with Gasteiger partial charge in [-0.15, -0.1) is 0 Å². The van der Waals surface area contributed by atoms with Gasteiger partial charge in [0.1, 0.15) is 11.4 Å². The molecular formula is C29H33N5O3. The number of carbonyl (C=O) groups is 2. The van der Waals surface area contributed by atoms with Crippen molar-refractivity contribution < 1.29 is 14.3 Å². The molecule has 0 fully saturated rings. The van der Waals surface area contributed by atoms with Crippen LogP contribution in [0.15, 0.2) is 60.9 Å². The van der Waals surface area contributed by atoms with Crippen LogP contribution in [0.25, 0.3) is 33.3 Å². The predicted octanol–water partition coefficient (Wildman–Crippen LogP) is 4.89. The standard InChI is InChI=1S/C29H33N5O3/c1-18(2)34(5)17-27(35)32-25-12-11-19(13-23(25)29(36)33(3)4)20-14-22-24(16-31-28(22)30-15-20)21-9-7-8-10-26(21)37-6/h7-16,18H,17H2,1-6H3,(H,30,31)(H,32,35). The number of anilines is 1. The Bertz CT molecular complexity index is 1440. The number of likely N-dealkylation sites (N-methyl/N-ethyl adjacent to an activating group) is 1. The first-order chi connectivity index (χ1) is 17.7. The number of benzene rings is 2. The molecule has 0 radical (unpaired) electrons. The highest BCUT2D eigenvalue weighted by molar-refractivity contribution is 6.05. The number of methoxy groups -OCH3 is 1. The number of aromatic nitrogens is 2. The Morgan fingerprint density at radius 3 is 2.49 bits per heavy atom. The van der Waals surface area contributed by atoms with E-state index >= 15 is 0 Å². The van der Waals surface area contributed by atoms with Crippen LogP contribution in [-0.2, 0) is 4.79 Å². The van der Waals surface area contributed by atoms with E-state index in [9.17, 15) is 9.59 Å². The number of amides is 2. The molecule has 0 saturated carbocycles. The summed E-state index contributed by atoms with van der Waals surface area (Å²) in [5.41, 5.74) is 5.27. The number of aromatic amines is 1. The Balaban J connectivity index is 1.74. The molecule has 0 aliphatic heterocycles. The van der Waals surface area contributed by atoms with E-state index in [-0.39, 0.29) is 24.4 Å². The van der Waals surface area contributed by atoms with Gasteiger partial charge in [-0.25, -0.2) is 4.98 Å². The summed E-state index contributed by atoms with van der Waals surface area (Å²) in [6.07, 6.45) is 3.70. The van der Waals surface area contributed by atoms with Gasteiger partial charge in [-0.05, 0) is 50.7 Å². The number of fused-ring (bicyclic) bond motifs is 1. The van der Waals surface area contributed by atoms with E-state index < -0.39 is 0 Å². The Morgan fingerprint density at radius 2 is 1.78 bits per heavy atom. The fraction of sp³-hybridized carbons (Fsp3) is 0.276. The van der Waals surface area contributed by atoms with Crippen LogP contribution < -0.4 is 10.1 Å². The Morgan fingerprint density at radius 1 is 1.03 bits per heavy atom. The molecule has 0 aliphatic carbocycles. The summed E-state index contributed by atoms with van der Waals surface area (Å²) in [7, 11) is 6.94. The van der Waals surface area contributed by atoms with Crippen LogP contribution in [0.2, 0.25) is 0 Å². The number of hydrogen-bond donors (Lipinski definition) is 2. The third-order valence-corrected chi connectivity index (χ3v) is 6.47. The molecule has 2 heterocycles. The van der Waals surface area contributed by atoms with Gasteiger partial charge in [-0.1, -0.05) is 24.3 Å². The molecule has 0 aliphatic rings. The van der Waals surface area contributed by atoms with Gasteiger partial charge in [-0.3, -0.25) is 14.5 Å². The number of rotatable bonds is 8. The lowest BCUT2D eigenvalue weighted by Gasteiger charge is -2.21. The van der Waals surface area contributed by atoms with E-state index in [1.165, 1.54) is 4.90 Å². The Labute approximate surface area is 217 Å². The topological polar surface area (TPSA) is 90.6 Å². The quantitative estimate of drug-likeness (QED) is 0.360. The van der Waals surface area contributed by atoms with Crippen molar-refractivity contribution in [2.45, 2.75) is 19.9 Å². The van der Waals surface area contributed by atoms with Crippen LogP contribution in [0.1, 0.15) is 24.2 Å². The highest BCUT2D eigenvalue weighted by Gasteiger charge is 2.19. The molecule has 8 heteroatoms. The molecule has 2 aromatic heterocycles. The molecule has 4 aromatic rings. The number of carbonyl (C=O) groups excluding carboxylic acids is 2. The van der Waals surface area contributed by atoms with Crippen molar-refractivity contribution >= 4 is 28.5 Å². The molecule has 0 spiro atoms. The number of nitrogens with one attached hydrogen (secondary N) is 2. The largest absolute Gasteiger partial charge is 0.496 e. The molecule has 2 aromatic carbocycles. The van der Waals surface area contributed by atoms with Gasteiger partial charge in [0.05, 0.1) is 24.9 Å². The van der Waals surface area contributed by atoms with Gasteiger partial charge in [0.25, 0.3) is 5.91 Å². The van der Waals surface area contributed by atoms with Crippen LogP contribution >= 0.6 is 0 Å². The van der Waals surface area contributed by atoms with Gasteiger partial charge in [0.2, 0.25) is 5.91 Å². The second-order valence-electron chi connectivity index (χ2n) is 9.54. The van der Waals surface area contributed by atoms with Crippen molar-refractivity contribution in [3.63, 3.8) is 0 Å². The lowest BCUT2D eigenvalue weighted by atomic mass is 9.99. The zero-order chi connectivity index (χ0) is 26.7. The van der Waals surface area contributed by atoms with E-state index in [1.807, 2.05) is 68.4 Å². The van der Waals surface area contributed by atoms with Crippen molar-refractivity contribution in [1.82, 2.24) is 19.8 Å². The summed E-state index contributed by atoms with van der Waals surface area (Å²) in [6.45, 7) is 4.28. The minimum absolute atomic E-state index is 0.173. The van der Waals surface area contributed by atoms with E-state index in [0.717, 1.165) is 39.0 Å². The van der Waals surface area contributed by atoms with Crippen molar-refractivity contribution in [3.8, 4) is 28.0 Å². The van der Waals surface area contributed by atoms with Gasteiger partial charge in [-0.2, -0.15) is 0 Å². The summed E-state index contributed by atoms with van der Waals surface area (Å²) in [6, 6.07) is 15.6. The second-order valence-corrected chi connectivity index (χ2v) is 9.54. The van der Waals surface area contributed by atoms with E-state index in [1.54, 1.807) is 33.5 Å². The zero-order valence-corrected chi connectivity index (χ0v) is 22.1. The first kappa shape index (κ1) is 25.9. The van der Waals surface area contributed by atoms with Gasteiger partial charge < -0.3 is 19.9 Å². The average molecular weight is 500 g/mol. The fourth-order valence-electron chi connectivity index (χ4n) is 4.10. The van der Waals surface area contributed by atoms with Gasteiger partial charge >= 0.3 is 0 Å². The van der Waals surface area contributed by atoms with E-state index in [0.29, 0.717) is 11.3 Å². The maximum Gasteiger partial charge on any atom is 0.255 e. The first-order valence-corrected chi connectivity index (χ1v) is 12.2. The average Bonchev–Trinajstić information content (AvgIpc) is 3.31. The third kappa shape index (κ3) is 5.49. The number of para-hydroxylation sites is 1. The highest BCUT2D eigenvalue weighted by atomic mass is 16.5. The monoisotopic (exact) mass is 499 g/mol. The SMILES string of the molecule is COc1ccccc1-c1c[nH]c2ncc(-c3ccc(NC(=O)CN(C)C(C)C)c(C(=O)N(C)C)c3)cc12. The maximum atomic E-state index is 13.1. The number of ether oxygens (including phenoxy) is 1. The number of pyridine rings is 1. The predicted molar refractivity (Wildman–Crippen MR) is 148 cm³/mol. The van der Waals surface area contributed by atoms with Gasteiger partial charge in [0, 0.05) is 54.6 Å². The van der Waals surface area contributed by atoms with Crippen molar-refractivity contribution in [3.05, 3.63) is 66.5 Å². The molecule has 2 amide bonds. The lowest BCUT2D eigenvalue weighted by Crippen LogP contribution is -2.35. The molecule has 8 nitrogen and oxygen atoms in total. The van der Waals surface area contributed by atoms with E-state index in [2.05, 4.69) is 21.4 Å². The van der Waals surface area contributed by atoms with Crippen LogP contribution in [0.4, 0.5) is 5.69 Å². The van der Waals surface area contributed by atoms with Crippen molar-refractivity contribution in [1.29, 1.82) is 0 Å². The lowest BCUT2D eigenvalue weighted by molar-refractivity contribution is -0.117. The van der Waals surface area contributed by atoms with E-state index in [4.69, 9.17) is 4.74 Å². The number of hydrogen-bond acceptors (Lipinski definition) is 5. The van der Waals surface area contributed by atoms with Crippen molar-refractivity contribution in [2.75, 3.05) is 40.1 Å². The minimum Gasteiger partial charge on any atom is -0.496 e. The summed E-state index contributed by atoms with van der Waals surface area (Å²) in [5, 5.41) is 3.86. The summed E-state index contributed by atoms with van der Waals surface area (Å²) in [4.78, 5) is 37.0. The van der Waals surface area contributed by atoms with Crippen LogP contribution in [0, 0.1) is 0 Å². The molecule has 192 valence electrons. The number of H-pyrrole nitrogens is 1. The molecule has 37 heavy (non-hydrogen) atoms. The summed E-state index contributed by atoms with van der Waals surface area (Å²) >= 11 is 0. The zero-order valence-electron chi connectivity index (χ0n) is 22.1. The van der Waals surface area contributed by atoms with Gasteiger partial charge in [0.15, 0.2) is 0 Å². The molecule has 0 unspecified atom stereocenters. The Kier molecular flexibility index (Phi) is 7.59. The first-order valence-electron chi connectivity index (χ1n) is 12.2. The highest BCUT2D eigenvalue weighted by Crippen LogP contribution is 2.36. The normalized spacial score (nSPS) is 11.2. The molecule has 0 atom stereocenters.